The molecular formula is C12H16N4O2S2. The van der Waals surface area contributed by atoms with Crippen LogP contribution in [0.4, 0.5) is 5.13 Å². The van der Waals surface area contributed by atoms with Crippen molar-refractivity contribution in [3.05, 3.63) is 34.3 Å². The zero-order valence-corrected chi connectivity index (χ0v) is 13.1. The Morgan fingerprint density at radius 3 is 2.60 bits per heavy atom. The molecule has 1 aromatic carbocycles. The van der Waals surface area contributed by atoms with Gasteiger partial charge in [0.1, 0.15) is 5.01 Å². The number of benzene rings is 1. The first-order valence-electron chi connectivity index (χ1n) is 5.99. The number of nitrogens with zero attached hydrogens (tertiary/aromatic N) is 2. The summed E-state index contributed by atoms with van der Waals surface area (Å²) in [6, 6.07) is 5.37. The van der Waals surface area contributed by atoms with Gasteiger partial charge in [-0.05, 0) is 38.1 Å². The number of aryl methyl sites for hydroxylation is 2. The van der Waals surface area contributed by atoms with E-state index in [0.717, 1.165) is 5.56 Å². The Morgan fingerprint density at radius 1 is 1.25 bits per heavy atom. The first kappa shape index (κ1) is 14.9. The molecule has 0 fully saturated rings. The molecule has 2 aromatic rings. The molecule has 108 valence electrons. The van der Waals surface area contributed by atoms with Crippen molar-refractivity contribution in [3.8, 4) is 0 Å². The van der Waals surface area contributed by atoms with E-state index in [1.165, 1.54) is 11.3 Å². The van der Waals surface area contributed by atoms with Gasteiger partial charge in [0.05, 0.1) is 4.90 Å². The molecule has 1 heterocycles. The van der Waals surface area contributed by atoms with E-state index >= 15 is 0 Å². The van der Waals surface area contributed by atoms with Crippen molar-refractivity contribution in [2.24, 2.45) is 0 Å². The second-order valence-corrected chi connectivity index (χ2v) is 7.19. The van der Waals surface area contributed by atoms with Crippen molar-refractivity contribution in [1.82, 2.24) is 15.5 Å². The van der Waals surface area contributed by atoms with E-state index in [1.54, 1.807) is 26.0 Å². The molecule has 6 nitrogen and oxygen atoms in total. The summed E-state index contributed by atoms with van der Waals surface area (Å²) in [4.78, 5) is 0.262. The number of aromatic nitrogens is 2. The number of sulfonamides is 1. The second kappa shape index (κ2) is 5.86. The van der Waals surface area contributed by atoms with Crippen LogP contribution in [0.25, 0.3) is 0 Å². The highest BCUT2D eigenvalue weighted by atomic mass is 32.2. The van der Waals surface area contributed by atoms with Crippen LogP contribution in [0, 0.1) is 13.8 Å². The van der Waals surface area contributed by atoms with Gasteiger partial charge in [-0.2, -0.15) is 0 Å². The van der Waals surface area contributed by atoms with E-state index in [9.17, 15) is 8.42 Å². The van der Waals surface area contributed by atoms with E-state index in [-0.39, 0.29) is 10.0 Å². The predicted molar refractivity (Wildman–Crippen MR) is 79.4 cm³/mol. The molecule has 0 atom stereocenters. The van der Waals surface area contributed by atoms with Crippen molar-refractivity contribution in [2.75, 3.05) is 11.8 Å². The molecule has 8 heteroatoms. The van der Waals surface area contributed by atoms with E-state index in [4.69, 9.17) is 0 Å². The average Bonchev–Trinajstić information content (AvgIpc) is 2.76. The molecule has 20 heavy (non-hydrogen) atoms. The van der Waals surface area contributed by atoms with Crippen LogP contribution < -0.4 is 10.0 Å². The summed E-state index contributed by atoms with van der Waals surface area (Å²) in [5, 5.41) is 11.6. The van der Waals surface area contributed by atoms with Gasteiger partial charge in [-0.1, -0.05) is 23.5 Å². The summed E-state index contributed by atoms with van der Waals surface area (Å²) in [6.07, 6.45) is 0. The molecule has 0 bridgehead atoms. The van der Waals surface area contributed by atoms with Crippen LogP contribution in [-0.4, -0.2) is 25.7 Å². The molecule has 0 aliphatic rings. The zero-order chi connectivity index (χ0) is 14.8. The molecule has 1 aromatic heterocycles. The standard InChI is InChI=1S/C12H16N4O2S2/c1-8-4-5-10(7-13-3)6-11(8)20(17,18)16-12-15-14-9(2)19-12/h4-6,13H,7H2,1-3H3,(H,15,16). The lowest BCUT2D eigenvalue weighted by atomic mass is 10.1. The second-order valence-electron chi connectivity index (χ2n) is 4.36. The Bertz CT molecular complexity index is 710. The van der Waals surface area contributed by atoms with Crippen molar-refractivity contribution < 1.29 is 8.42 Å². The molecular weight excluding hydrogens is 296 g/mol. The van der Waals surface area contributed by atoms with Crippen molar-refractivity contribution in [1.29, 1.82) is 0 Å². The van der Waals surface area contributed by atoms with Gasteiger partial charge in [0.25, 0.3) is 10.0 Å². The van der Waals surface area contributed by atoms with Crippen LogP contribution in [0.3, 0.4) is 0 Å². The van der Waals surface area contributed by atoms with Crippen LogP contribution in [-0.2, 0) is 16.6 Å². The van der Waals surface area contributed by atoms with Crippen LogP contribution in [0.1, 0.15) is 16.1 Å². The van der Waals surface area contributed by atoms with Gasteiger partial charge in [-0.3, -0.25) is 4.72 Å². The number of anilines is 1. The molecule has 0 aliphatic heterocycles. The fourth-order valence-corrected chi connectivity index (χ4v) is 3.87. The SMILES string of the molecule is CNCc1ccc(C)c(S(=O)(=O)Nc2nnc(C)s2)c1. The van der Waals surface area contributed by atoms with E-state index < -0.39 is 10.0 Å². The van der Waals surface area contributed by atoms with Gasteiger partial charge in [-0.25, -0.2) is 8.42 Å². The quantitative estimate of drug-likeness (QED) is 0.877. The number of hydrogen-bond donors (Lipinski definition) is 2. The Morgan fingerprint density at radius 2 is 2.00 bits per heavy atom. The minimum atomic E-state index is -3.64. The Balaban J connectivity index is 2.35. The van der Waals surface area contributed by atoms with Gasteiger partial charge in [0.2, 0.25) is 5.13 Å². The van der Waals surface area contributed by atoms with Crippen molar-refractivity contribution in [2.45, 2.75) is 25.3 Å². The lowest BCUT2D eigenvalue weighted by molar-refractivity contribution is 0.600. The first-order chi connectivity index (χ1) is 9.42. The Labute approximate surface area is 122 Å². The van der Waals surface area contributed by atoms with Crippen LogP contribution in [0.2, 0.25) is 0 Å². The van der Waals surface area contributed by atoms with Gasteiger partial charge < -0.3 is 5.32 Å². The minimum absolute atomic E-state index is 0.262. The summed E-state index contributed by atoms with van der Waals surface area (Å²) in [5.41, 5.74) is 1.60. The molecule has 2 rings (SSSR count). The maximum absolute atomic E-state index is 12.4. The van der Waals surface area contributed by atoms with Crippen LogP contribution >= 0.6 is 11.3 Å². The summed E-state index contributed by atoms with van der Waals surface area (Å²) in [5.74, 6) is 0. The number of hydrogen-bond acceptors (Lipinski definition) is 6. The fraction of sp³-hybridized carbons (Fsp3) is 0.333. The first-order valence-corrected chi connectivity index (χ1v) is 8.29. The Hall–Kier alpha value is -1.51. The number of rotatable bonds is 5. The number of nitrogens with one attached hydrogen (secondary N) is 2. The van der Waals surface area contributed by atoms with Crippen molar-refractivity contribution >= 4 is 26.5 Å². The predicted octanol–water partition coefficient (Wildman–Crippen LogP) is 1.68. The lowest BCUT2D eigenvalue weighted by Crippen LogP contribution is -2.15. The maximum Gasteiger partial charge on any atom is 0.263 e. The third kappa shape index (κ3) is 3.33. The molecule has 0 radical (unpaired) electrons. The summed E-state index contributed by atoms with van der Waals surface area (Å²) in [7, 11) is -1.83. The van der Waals surface area contributed by atoms with Gasteiger partial charge in [-0.15, -0.1) is 10.2 Å². The van der Waals surface area contributed by atoms with Gasteiger partial charge in [0.15, 0.2) is 0 Å². The van der Waals surface area contributed by atoms with Crippen molar-refractivity contribution in [3.63, 3.8) is 0 Å². The summed E-state index contributed by atoms with van der Waals surface area (Å²) < 4.78 is 27.3. The minimum Gasteiger partial charge on any atom is -0.316 e. The molecule has 0 saturated heterocycles. The van der Waals surface area contributed by atoms with Crippen LogP contribution in [0.5, 0.6) is 0 Å². The molecule has 0 aliphatic carbocycles. The molecule has 0 amide bonds. The Kier molecular flexibility index (Phi) is 4.36. The molecule has 0 unspecified atom stereocenters. The normalized spacial score (nSPS) is 11.6. The van der Waals surface area contributed by atoms with E-state index in [1.807, 2.05) is 13.1 Å². The van der Waals surface area contributed by atoms with E-state index in [2.05, 4.69) is 20.2 Å². The third-order valence-corrected chi connectivity index (χ3v) is 5.03. The molecule has 0 spiro atoms. The topological polar surface area (TPSA) is 84.0 Å². The fourth-order valence-electron chi connectivity index (χ4n) is 1.76. The highest BCUT2D eigenvalue weighted by molar-refractivity contribution is 7.93. The average molecular weight is 312 g/mol. The highest BCUT2D eigenvalue weighted by Crippen LogP contribution is 2.22. The van der Waals surface area contributed by atoms with E-state index in [0.29, 0.717) is 17.1 Å². The maximum atomic E-state index is 12.4. The van der Waals surface area contributed by atoms with Gasteiger partial charge >= 0.3 is 0 Å². The molecule has 2 N–H and O–H groups in total. The third-order valence-electron chi connectivity index (χ3n) is 2.67. The molecule has 0 saturated carbocycles. The van der Waals surface area contributed by atoms with Gasteiger partial charge in [0, 0.05) is 6.54 Å². The summed E-state index contributed by atoms with van der Waals surface area (Å²) in [6.45, 7) is 4.15. The smallest absolute Gasteiger partial charge is 0.263 e. The largest absolute Gasteiger partial charge is 0.316 e. The highest BCUT2D eigenvalue weighted by Gasteiger charge is 2.19. The van der Waals surface area contributed by atoms with Crippen LogP contribution in [0.15, 0.2) is 23.1 Å². The zero-order valence-electron chi connectivity index (χ0n) is 11.5. The lowest BCUT2D eigenvalue weighted by Gasteiger charge is -2.10. The monoisotopic (exact) mass is 312 g/mol. The summed E-state index contributed by atoms with van der Waals surface area (Å²) >= 11 is 1.20.